The minimum atomic E-state index is -0.347. The molecular formula is C23H24N6O3S. The van der Waals surface area contributed by atoms with E-state index >= 15 is 0 Å². The average molecular weight is 465 g/mol. The highest BCUT2D eigenvalue weighted by Gasteiger charge is 2.20. The van der Waals surface area contributed by atoms with E-state index in [0.29, 0.717) is 51.3 Å². The molecule has 1 amide bonds. The van der Waals surface area contributed by atoms with E-state index in [1.807, 2.05) is 36.6 Å². The van der Waals surface area contributed by atoms with Gasteiger partial charge in [0.2, 0.25) is 0 Å². The number of hydrogen-bond donors (Lipinski definition) is 2. The standard InChI is InChI=1S/C23H24N6O3S/c1-4-29-20(14(2)24-21(30)15-9-11-16(32-3)12-10-15)27-28-23(29)33-13-19-25-18-8-6-5-7-17(18)22(31)26-19/h5-12,14H,4,13H2,1-3H3,(H,24,30)(H,25,26,31)/t14-/m1/s1. The number of benzene rings is 2. The summed E-state index contributed by atoms with van der Waals surface area (Å²) in [5, 5.41) is 12.8. The van der Waals surface area contributed by atoms with Gasteiger partial charge in [0.1, 0.15) is 11.6 Å². The monoisotopic (exact) mass is 464 g/mol. The van der Waals surface area contributed by atoms with E-state index in [1.54, 1.807) is 37.4 Å². The Morgan fingerprint density at radius 2 is 1.94 bits per heavy atom. The van der Waals surface area contributed by atoms with Crippen molar-refractivity contribution < 1.29 is 9.53 Å². The third-order valence-corrected chi connectivity index (χ3v) is 6.13. The Kier molecular flexibility index (Phi) is 6.74. The van der Waals surface area contributed by atoms with Crippen LogP contribution < -0.4 is 15.6 Å². The van der Waals surface area contributed by atoms with Crippen LogP contribution in [0.2, 0.25) is 0 Å². The van der Waals surface area contributed by atoms with Gasteiger partial charge >= 0.3 is 0 Å². The maximum Gasteiger partial charge on any atom is 0.258 e. The number of H-pyrrole nitrogens is 1. The number of rotatable bonds is 8. The van der Waals surface area contributed by atoms with Crippen LogP contribution in [0.4, 0.5) is 0 Å². The molecule has 2 N–H and O–H groups in total. The molecule has 1 atom stereocenters. The summed E-state index contributed by atoms with van der Waals surface area (Å²) in [5.74, 6) is 2.14. The van der Waals surface area contributed by atoms with Gasteiger partial charge in [-0.15, -0.1) is 10.2 Å². The van der Waals surface area contributed by atoms with Crippen LogP contribution in [0.1, 0.15) is 41.9 Å². The molecular weight excluding hydrogens is 440 g/mol. The van der Waals surface area contributed by atoms with Gasteiger partial charge < -0.3 is 19.6 Å². The van der Waals surface area contributed by atoms with Crippen molar-refractivity contribution in [3.63, 3.8) is 0 Å². The molecule has 0 saturated heterocycles. The number of aromatic amines is 1. The first-order chi connectivity index (χ1) is 16.0. The number of para-hydroxylation sites is 1. The molecule has 0 radical (unpaired) electrons. The summed E-state index contributed by atoms with van der Waals surface area (Å²) in [6.07, 6.45) is 0. The van der Waals surface area contributed by atoms with Crippen molar-refractivity contribution in [2.75, 3.05) is 7.11 Å². The van der Waals surface area contributed by atoms with E-state index < -0.39 is 0 Å². The molecule has 10 heteroatoms. The summed E-state index contributed by atoms with van der Waals surface area (Å²) < 4.78 is 7.08. The van der Waals surface area contributed by atoms with Crippen molar-refractivity contribution >= 4 is 28.6 Å². The zero-order chi connectivity index (χ0) is 23.4. The Balaban J connectivity index is 1.47. The number of nitrogens with one attached hydrogen (secondary N) is 2. The number of hydrogen-bond acceptors (Lipinski definition) is 7. The molecule has 0 saturated carbocycles. The molecule has 0 aliphatic heterocycles. The second-order valence-corrected chi connectivity index (χ2v) is 8.27. The molecule has 0 aliphatic rings. The van der Waals surface area contributed by atoms with Gasteiger partial charge in [-0.1, -0.05) is 23.9 Å². The lowest BCUT2D eigenvalue weighted by Crippen LogP contribution is -2.28. The van der Waals surface area contributed by atoms with Crippen LogP contribution >= 0.6 is 11.8 Å². The molecule has 33 heavy (non-hydrogen) atoms. The molecule has 0 bridgehead atoms. The Bertz CT molecular complexity index is 1330. The summed E-state index contributed by atoms with van der Waals surface area (Å²) in [5.41, 5.74) is 1.03. The van der Waals surface area contributed by atoms with Crippen molar-refractivity contribution in [3.05, 3.63) is 76.1 Å². The van der Waals surface area contributed by atoms with Gasteiger partial charge in [0.15, 0.2) is 11.0 Å². The van der Waals surface area contributed by atoms with E-state index in [-0.39, 0.29) is 17.5 Å². The third-order valence-electron chi connectivity index (χ3n) is 5.15. The number of methoxy groups -OCH3 is 1. The lowest BCUT2D eigenvalue weighted by Gasteiger charge is -2.15. The zero-order valence-corrected chi connectivity index (χ0v) is 19.3. The van der Waals surface area contributed by atoms with Crippen molar-refractivity contribution in [2.45, 2.75) is 37.3 Å². The minimum Gasteiger partial charge on any atom is -0.497 e. The number of carbonyl (C=O) groups is 1. The first-order valence-electron chi connectivity index (χ1n) is 10.5. The number of thioether (sulfide) groups is 1. The summed E-state index contributed by atoms with van der Waals surface area (Å²) in [6.45, 7) is 4.49. The predicted octanol–water partition coefficient (Wildman–Crippen LogP) is 3.33. The highest BCUT2D eigenvalue weighted by Crippen LogP contribution is 2.23. The molecule has 9 nitrogen and oxygen atoms in total. The SMILES string of the molecule is CCn1c(SCc2nc3ccccc3c(=O)[nH]2)nnc1[C@@H](C)NC(=O)c1ccc(OC)cc1. The molecule has 0 spiro atoms. The second-order valence-electron chi connectivity index (χ2n) is 7.33. The largest absolute Gasteiger partial charge is 0.497 e. The Morgan fingerprint density at radius 3 is 2.67 bits per heavy atom. The highest BCUT2D eigenvalue weighted by atomic mass is 32.2. The number of carbonyl (C=O) groups excluding carboxylic acids is 1. The average Bonchev–Trinajstić information content (AvgIpc) is 3.26. The van der Waals surface area contributed by atoms with Gasteiger partial charge in [0, 0.05) is 12.1 Å². The number of aromatic nitrogens is 5. The van der Waals surface area contributed by atoms with Gasteiger partial charge in [-0.2, -0.15) is 0 Å². The topological polar surface area (TPSA) is 115 Å². The van der Waals surface area contributed by atoms with E-state index in [0.717, 1.165) is 0 Å². The van der Waals surface area contributed by atoms with Gasteiger partial charge in [0.05, 0.1) is 29.8 Å². The van der Waals surface area contributed by atoms with E-state index in [1.165, 1.54) is 11.8 Å². The minimum absolute atomic E-state index is 0.163. The van der Waals surface area contributed by atoms with E-state index in [4.69, 9.17) is 4.74 Å². The fraction of sp³-hybridized carbons (Fsp3) is 0.261. The predicted molar refractivity (Wildman–Crippen MR) is 126 cm³/mol. The fourth-order valence-electron chi connectivity index (χ4n) is 3.45. The van der Waals surface area contributed by atoms with Gasteiger partial charge in [0.25, 0.3) is 11.5 Å². The molecule has 2 heterocycles. The maximum absolute atomic E-state index is 12.6. The fourth-order valence-corrected chi connectivity index (χ4v) is 4.33. The summed E-state index contributed by atoms with van der Waals surface area (Å²) in [4.78, 5) is 32.3. The molecule has 0 aliphatic carbocycles. The number of ether oxygens (including phenoxy) is 1. The first-order valence-corrected chi connectivity index (χ1v) is 11.5. The third kappa shape index (κ3) is 4.90. The van der Waals surface area contributed by atoms with Gasteiger partial charge in [-0.25, -0.2) is 4.98 Å². The van der Waals surface area contributed by atoms with Crippen LogP contribution in [0.25, 0.3) is 10.9 Å². The Hall–Kier alpha value is -3.66. The summed E-state index contributed by atoms with van der Waals surface area (Å²) in [7, 11) is 1.58. The van der Waals surface area contributed by atoms with Crippen molar-refractivity contribution in [2.24, 2.45) is 0 Å². The molecule has 0 fully saturated rings. The molecule has 0 unspecified atom stereocenters. The van der Waals surface area contributed by atoms with Crippen LogP contribution in [0.15, 0.2) is 58.5 Å². The molecule has 4 aromatic rings. The maximum atomic E-state index is 12.6. The Labute approximate surface area is 194 Å². The van der Waals surface area contributed by atoms with Gasteiger partial charge in [-0.05, 0) is 50.2 Å². The zero-order valence-electron chi connectivity index (χ0n) is 18.5. The lowest BCUT2D eigenvalue weighted by atomic mass is 10.2. The van der Waals surface area contributed by atoms with Crippen LogP contribution in [-0.4, -0.2) is 37.7 Å². The normalized spacial score (nSPS) is 12.0. The Morgan fingerprint density at radius 1 is 1.18 bits per heavy atom. The highest BCUT2D eigenvalue weighted by molar-refractivity contribution is 7.98. The van der Waals surface area contributed by atoms with Crippen molar-refractivity contribution in [1.29, 1.82) is 0 Å². The molecule has 2 aromatic heterocycles. The number of fused-ring (bicyclic) bond motifs is 1. The van der Waals surface area contributed by atoms with Gasteiger partial charge in [-0.3, -0.25) is 9.59 Å². The van der Waals surface area contributed by atoms with Crippen LogP contribution in [0.3, 0.4) is 0 Å². The van der Waals surface area contributed by atoms with E-state index in [2.05, 4.69) is 25.5 Å². The summed E-state index contributed by atoms with van der Waals surface area (Å²) in [6, 6.07) is 13.8. The quantitative estimate of drug-likeness (QED) is 0.384. The lowest BCUT2D eigenvalue weighted by molar-refractivity contribution is 0.0937. The summed E-state index contributed by atoms with van der Waals surface area (Å²) >= 11 is 1.43. The van der Waals surface area contributed by atoms with Crippen LogP contribution in [-0.2, 0) is 12.3 Å². The van der Waals surface area contributed by atoms with Crippen molar-refractivity contribution in [1.82, 2.24) is 30.0 Å². The second kappa shape index (κ2) is 9.86. The molecule has 170 valence electrons. The molecule has 2 aromatic carbocycles. The van der Waals surface area contributed by atoms with E-state index in [9.17, 15) is 9.59 Å². The number of amides is 1. The number of nitrogens with zero attached hydrogens (tertiary/aromatic N) is 4. The molecule has 4 rings (SSSR count). The van der Waals surface area contributed by atoms with Crippen molar-refractivity contribution in [3.8, 4) is 5.75 Å². The first kappa shape index (κ1) is 22.5. The van der Waals surface area contributed by atoms with Crippen LogP contribution in [0, 0.1) is 0 Å². The van der Waals surface area contributed by atoms with Crippen LogP contribution in [0.5, 0.6) is 5.75 Å². The smallest absolute Gasteiger partial charge is 0.258 e.